The molecule has 3 N–H and O–H groups in total. The van der Waals surface area contributed by atoms with E-state index in [0.717, 1.165) is 17.7 Å². The molecular formula is C13H24N4O. The predicted molar refractivity (Wildman–Crippen MR) is 72.2 cm³/mol. The van der Waals surface area contributed by atoms with Gasteiger partial charge >= 0.3 is 0 Å². The summed E-state index contributed by atoms with van der Waals surface area (Å²) in [4.78, 5) is 8.05. The smallest absolute Gasteiger partial charge is 0.236 e. The van der Waals surface area contributed by atoms with Crippen LogP contribution in [0.1, 0.15) is 51.9 Å². The van der Waals surface area contributed by atoms with Crippen LogP contribution in [0.3, 0.4) is 0 Å². The molecule has 0 radical (unpaired) electrons. The molecule has 1 aromatic heterocycles. The number of anilines is 1. The fourth-order valence-electron chi connectivity index (χ4n) is 1.81. The molecule has 0 saturated carbocycles. The Balaban J connectivity index is 2.22. The van der Waals surface area contributed by atoms with Gasteiger partial charge in [-0.1, -0.05) is 45.4 Å². The summed E-state index contributed by atoms with van der Waals surface area (Å²) in [7, 11) is 0. The lowest BCUT2D eigenvalue weighted by Gasteiger charge is -2.01. The van der Waals surface area contributed by atoms with Crippen LogP contribution in [0.4, 0.5) is 5.95 Å². The molecule has 1 rings (SSSR count). The molecule has 1 heterocycles. The Hall–Kier alpha value is -1.52. The molecule has 0 spiro atoms. The van der Waals surface area contributed by atoms with E-state index in [-0.39, 0.29) is 5.95 Å². The predicted octanol–water partition coefficient (Wildman–Crippen LogP) is 2.35. The molecule has 0 atom stereocenters. The Bertz CT molecular complexity index is 400. The first kappa shape index (κ1) is 14.5. The van der Waals surface area contributed by atoms with Crippen molar-refractivity contribution in [2.45, 2.75) is 51.9 Å². The van der Waals surface area contributed by atoms with Crippen molar-refractivity contribution < 1.29 is 5.21 Å². The van der Waals surface area contributed by atoms with Crippen LogP contribution in [0.2, 0.25) is 0 Å². The monoisotopic (exact) mass is 252 g/mol. The van der Waals surface area contributed by atoms with Crippen LogP contribution in [-0.2, 0) is 0 Å². The molecule has 1 aromatic rings. The summed E-state index contributed by atoms with van der Waals surface area (Å²) in [6.45, 7) is 2.95. The lowest BCUT2D eigenvalue weighted by Crippen LogP contribution is -2.22. The van der Waals surface area contributed by atoms with Gasteiger partial charge in [0.15, 0.2) is 5.49 Å². The second-order valence-corrected chi connectivity index (χ2v) is 4.48. The van der Waals surface area contributed by atoms with E-state index in [9.17, 15) is 5.21 Å². The highest BCUT2D eigenvalue weighted by Crippen LogP contribution is 2.06. The number of aromatic nitrogens is 2. The second-order valence-electron chi connectivity index (χ2n) is 4.48. The molecule has 0 aliphatic carbocycles. The lowest BCUT2D eigenvalue weighted by molar-refractivity contribution is 0.175. The SMILES string of the molecule is CCCCCCCCCN=c1ccnc(N)n1O. The topological polar surface area (TPSA) is 76.4 Å². The highest BCUT2D eigenvalue weighted by molar-refractivity contribution is 5.13. The number of hydrogen-bond acceptors (Lipinski definition) is 4. The van der Waals surface area contributed by atoms with Gasteiger partial charge in [-0.15, -0.1) is 4.73 Å². The van der Waals surface area contributed by atoms with Gasteiger partial charge in [0.2, 0.25) is 5.95 Å². The van der Waals surface area contributed by atoms with Crippen molar-refractivity contribution in [3.63, 3.8) is 0 Å². The number of nitrogens with two attached hydrogens (primary N) is 1. The third-order valence-corrected chi connectivity index (χ3v) is 2.90. The molecule has 102 valence electrons. The Morgan fingerprint density at radius 3 is 2.61 bits per heavy atom. The van der Waals surface area contributed by atoms with Crippen LogP contribution in [0.15, 0.2) is 17.3 Å². The Morgan fingerprint density at radius 1 is 1.22 bits per heavy atom. The average Bonchev–Trinajstić information content (AvgIpc) is 2.37. The molecule has 0 aromatic carbocycles. The summed E-state index contributed by atoms with van der Waals surface area (Å²) < 4.78 is 0.821. The molecular weight excluding hydrogens is 228 g/mol. The van der Waals surface area contributed by atoms with Gasteiger partial charge in [-0.05, 0) is 6.42 Å². The first-order valence-electron chi connectivity index (χ1n) is 6.79. The van der Waals surface area contributed by atoms with Gasteiger partial charge in [0.25, 0.3) is 0 Å². The van der Waals surface area contributed by atoms with Gasteiger partial charge in [-0.25, -0.2) is 4.98 Å². The van der Waals surface area contributed by atoms with Crippen LogP contribution in [0.25, 0.3) is 0 Å². The fraction of sp³-hybridized carbons (Fsp3) is 0.692. The van der Waals surface area contributed by atoms with Crippen molar-refractivity contribution in [3.8, 4) is 0 Å². The number of hydrogen-bond donors (Lipinski definition) is 2. The van der Waals surface area contributed by atoms with E-state index in [4.69, 9.17) is 5.73 Å². The standard InChI is InChI=1S/C13H24N4O/c1-2-3-4-5-6-7-8-10-15-12-9-11-16-13(14)17(12)18/h9,11,18H,2-8,10H2,1H3,(H2,14,16). The molecule has 0 bridgehead atoms. The molecule has 0 fully saturated rings. The zero-order chi connectivity index (χ0) is 13.2. The van der Waals surface area contributed by atoms with Crippen molar-refractivity contribution >= 4 is 5.95 Å². The van der Waals surface area contributed by atoms with Crippen LogP contribution in [-0.4, -0.2) is 21.5 Å². The molecule has 0 aliphatic heterocycles. The van der Waals surface area contributed by atoms with Gasteiger partial charge in [0.1, 0.15) is 0 Å². The third kappa shape index (κ3) is 5.21. The maximum Gasteiger partial charge on any atom is 0.236 e. The van der Waals surface area contributed by atoms with E-state index in [1.165, 1.54) is 38.5 Å². The Morgan fingerprint density at radius 2 is 1.89 bits per heavy atom. The van der Waals surface area contributed by atoms with E-state index in [1.807, 2.05) is 0 Å². The largest absolute Gasteiger partial charge is 0.423 e. The Kier molecular flexibility index (Phi) is 6.91. The Labute approximate surface area is 108 Å². The van der Waals surface area contributed by atoms with E-state index in [1.54, 1.807) is 12.3 Å². The van der Waals surface area contributed by atoms with E-state index in [2.05, 4.69) is 16.9 Å². The quantitative estimate of drug-likeness (QED) is 0.551. The number of nitrogen functional groups attached to an aromatic ring is 1. The molecule has 5 nitrogen and oxygen atoms in total. The molecule has 0 unspecified atom stereocenters. The summed E-state index contributed by atoms with van der Waals surface area (Å²) in [6, 6.07) is 1.65. The molecule has 0 amide bonds. The van der Waals surface area contributed by atoms with E-state index < -0.39 is 0 Å². The zero-order valence-electron chi connectivity index (χ0n) is 11.2. The molecule has 0 aliphatic rings. The maximum absolute atomic E-state index is 9.53. The van der Waals surface area contributed by atoms with Crippen molar-refractivity contribution in [3.05, 3.63) is 17.8 Å². The van der Waals surface area contributed by atoms with E-state index in [0.29, 0.717) is 5.49 Å². The number of unbranched alkanes of at least 4 members (excludes halogenated alkanes) is 6. The minimum absolute atomic E-state index is 0.0656. The maximum atomic E-state index is 9.53. The third-order valence-electron chi connectivity index (χ3n) is 2.90. The van der Waals surface area contributed by atoms with Gasteiger partial charge in [-0.2, -0.15) is 0 Å². The van der Waals surface area contributed by atoms with Gasteiger partial charge in [0, 0.05) is 18.8 Å². The minimum atomic E-state index is 0.0656. The van der Waals surface area contributed by atoms with Crippen LogP contribution < -0.4 is 11.2 Å². The van der Waals surface area contributed by atoms with Crippen molar-refractivity contribution in [2.75, 3.05) is 12.3 Å². The molecule has 5 heteroatoms. The van der Waals surface area contributed by atoms with Crippen LogP contribution >= 0.6 is 0 Å². The van der Waals surface area contributed by atoms with E-state index >= 15 is 0 Å². The van der Waals surface area contributed by atoms with Crippen LogP contribution in [0.5, 0.6) is 0 Å². The van der Waals surface area contributed by atoms with Crippen molar-refractivity contribution in [2.24, 2.45) is 4.99 Å². The second kappa shape index (κ2) is 8.55. The van der Waals surface area contributed by atoms with Gasteiger partial charge < -0.3 is 10.9 Å². The van der Waals surface area contributed by atoms with Crippen LogP contribution in [0, 0.1) is 0 Å². The van der Waals surface area contributed by atoms with Crippen molar-refractivity contribution in [1.82, 2.24) is 9.71 Å². The first-order valence-corrected chi connectivity index (χ1v) is 6.79. The lowest BCUT2D eigenvalue weighted by atomic mass is 10.1. The summed E-state index contributed by atoms with van der Waals surface area (Å²) in [5, 5.41) is 9.53. The molecule has 0 saturated heterocycles. The highest BCUT2D eigenvalue weighted by Gasteiger charge is 1.95. The first-order chi connectivity index (χ1) is 8.75. The number of rotatable bonds is 8. The summed E-state index contributed by atoms with van der Waals surface area (Å²) in [5.41, 5.74) is 5.93. The fourth-order valence-corrected chi connectivity index (χ4v) is 1.81. The van der Waals surface area contributed by atoms with Crippen molar-refractivity contribution in [1.29, 1.82) is 0 Å². The summed E-state index contributed by atoms with van der Waals surface area (Å²) in [5.74, 6) is 0.0656. The average molecular weight is 252 g/mol. The number of nitrogens with zero attached hydrogens (tertiary/aromatic N) is 3. The zero-order valence-corrected chi connectivity index (χ0v) is 11.2. The molecule has 18 heavy (non-hydrogen) atoms. The van der Waals surface area contributed by atoms with Gasteiger partial charge in [0.05, 0.1) is 0 Å². The highest BCUT2D eigenvalue weighted by atomic mass is 16.5. The minimum Gasteiger partial charge on any atom is -0.423 e. The normalized spacial score (nSPS) is 11.9. The van der Waals surface area contributed by atoms with Gasteiger partial charge in [-0.3, -0.25) is 4.99 Å². The summed E-state index contributed by atoms with van der Waals surface area (Å²) >= 11 is 0. The summed E-state index contributed by atoms with van der Waals surface area (Å²) in [6.07, 6.45) is 10.3.